The van der Waals surface area contributed by atoms with Crippen LogP contribution in [0.3, 0.4) is 0 Å². The number of rotatable bonds is 5. The summed E-state index contributed by atoms with van der Waals surface area (Å²) in [5, 5.41) is 19.9. The molecule has 0 amide bonds. The number of hydrogen-bond donors (Lipinski definition) is 2. The molecular weight excluding hydrogens is 336 g/mol. The third-order valence-corrected chi connectivity index (χ3v) is 4.77. The third kappa shape index (κ3) is 3.75. The maximum absolute atomic E-state index is 9.93. The fraction of sp³-hybridized carbons (Fsp3) is 0.130. The first kappa shape index (κ1) is 17.0. The highest BCUT2D eigenvalue weighted by Gasteiger charge is 2.51. The van der Waals surface area contributed by atoms with Gasteiger partial charge in [-0.05, 0) is 29.8 Å². The molecule has 4 nitrogen and oxygen atoms in total. The first-order valence-electron chi connectivity index (χ1n) is 8.91. The van der Waals surface area contributed by atoms with Gasteiger partial charge in [-0.15, -0.1) is 0 Å². The minimum atomic E-state index is 0.00844. The van der Waals surface area contributed by atoms with E-state index in [4.69, 9.17) is 0 Å². The second-order valence-electron chi connectivity index (χ2n) is 6.59. The van der Waals surface area contributed by atoms with Crippen molar-refractivity contribution in [3.05, 3.63) is 95.6 Å². The fourth-order valence-electron chi connectivity index (χ4n) is 3.24. The van der Waals surface area contributed by atoms with Crippen LogP contribution in [-0.4, -0.2) is 34.7 Å². The van der Waals surface area contributed by atoms with Crippen LogP contribution in [0.25, 0.3) is 0 Å². The Kier molecular flexibility index (Phi) is 4.71. The van der Waals surface area contributed by atoms with Gasteiger partial charge in [-0.3, -0.25) is 9.98 Å². The number of nitrogens with zero attached hydrogens (tertiary/aromatic N) is 2. The molecule has 0 spiro atoms. The number of phenolic OH excluding ortho intramolecular Hbond substituents is 2. The van der Waals surface area contributed by atoms with Crippen molar-refractivity contribution in [3.63, 3.8) is 0 Å². The molecule has 1 fully saturated rings. The highest BCUT2D eigenvalue weighted by Crippen LogP contribution is 2.46. The number of phenols is 2. The maximum atomic E-state index is 9.93. The lowest BCUT2D eigenvalue weighted by Crippen LogP contribution is -1.91. The van der Waals surface area contributed by atoms with Crippen LogP contribution < -0.4 is 0 Å². The molecular formula is C23H20N2O2. The SMILES string of the molecule is Oc1ccccc1C=N[C@H]1C(c2ccccc2)[C@@H]1N=Cc1ccccc1O. The minimum absolute atomic E-state index is 0.00844. The normalized spacial score (nSPS) is 21.7. The van der Waals surface area contributed by atoms with Gasteiger partial charge in [0.05, 0.1) is 12.1 Å². The van der Waals surface area contributed by atoms with E-state index >= 15 is 0 Å². The number of aromatic hydroxyl groups is 2. The number of hydrogen-bond acceptors (Lipinski definition) is 4. The zero-order chi connectivity index (χ0) is 18.6. The van der Waals surface area contributed by atoms with Crippen LogP contribution in [-0.2, 0) is 0 Å². The largest absolute Gasteiger partial charge is 0.507 e. The lowest BCUT2D eigenvalue weighted by molar-refractivity contribution is 0.474. The summed E-state index contributed by atoms with van der Waals surface area (Å²) in [5.41, 5.74) is 2.58. The van der Waals surface area contributed by atoms with Gasteiger partial charge in [0.25, 0.3) is 0 Å². The summed E-state index contributed by atoms with van der Waals surface area (Å²) in [7, 11) is 0. The average molecular weight is 356 g/mol. The Morgan fingerprint density at radius 3 is 1.52 bits per heavy atom. The third-order valence-electron chi connectivity index (χ3n) is 4.77. The van der Waals surface area contributed by atoms with E-state index in [2.05, 4.69) is 22.1 Å². The fourth-order valence-corrected chi connectivity index (χ4v) is 3.24. The standard InChI is InChI=1S/C23H20N2O2/c26-19-12-6-4-10-17(19)14-24-22-21(16-8-2-1-3-9-16)23(22)25-15-18-11-5-7-13-20(18)27/h1-15,21-23,26-27H/t21?,22-,23-/m0/s1. The number of aliphatic imine (C=N–C) groups is 2. The van der Waals surface area contributed by atoms with Gasteiger partial charge >= 0.3 is 0 Å². The Balaban J connectivity index is 1.58. The van der Waals surface area contributed by atoms with Crippen molar-refractivity contribution in [3.8, 4) is 11.5 Å². The second-order valence-corrected chi connectivity index (χ2v) is 6.59. The van der Waals surface area contributed by atoms with E-state index in [-0.39, 0.29) is 29.5 Å². The predicted octanol–water partition coefficient (Wildman–Crippen LogP) is 4.17. The number of benzene rings is 3. The van der Waals surface area contributed by atoms with Gasteiger partial charge in [0.15, 0.2) is 0 Å². The van der Waals surface area contributed by atoms with Crippen LogP contribution in [0.4, 0.5) is 0 Å². The van der Waals surface area contributed by atoms with E-state index in [9.17, 15) is 10.2 Å². The summed E-state index contributed by atoms with van der Waals surface area (Å²) in [5.74, 6) is 0.621. The molecule has 3 aromatic carbocycles. The monoisotopic (exact) mass is 356 g/mol. The van der Waals surface area contributed by atoms with E-state index in [1.807, 2.05) is 42.5 Å². The second kappa shape index (κ2) is 7.46. The van der Waals surface area contributed by atoms with Gasteiger partial charge in [0.1, 0.15) is 11.5 Å². The lowest BCUT2D eigenvalue weighted by Gasteiger charge is -1.97. The zero-order valence-corrected chi connectivity index (χ0v) is 14.7. The van der Waals surface area contributed by atoms with E-state index in [1.54, 1.807) is 36.7 Å². The smallest absolute Gasteiger partial charge is 0.124 e. The maximum Gasteiger partial charge on any atom is 0.124 e. The van der Waals surface area contributed by atoms with Gasteiger partial charge in [-0.25, -0.2) is 0 Å². The highest BCUT2D eigenvalue weighted by atomic mass is 16.3. The summed E-state index contributed by atoms with van der Waals surface area (Å²) in [6, 6.07) is 24.5. The Bertz CT molecular complexity index is 921. The Morgan fingerprint density at radius 2 is 1.04 bits per heavy atom. The summed E-state index contributed by atoms with van der Waals surface area (Å²) in [6.07, 6.45) is 3.43. The van der Waals surface area contributed by atoms with Crippen molar-refractivity contribution >= 4 is 12.4 Å². The molecule has 1 aliphatic rings. The van der Waals surface area contributed by atoms with Gasteiger partial charge < -0.3 is 10.2 Å². The molecule has 0 aromatic heterocycles. The predicted molar refractivity (Wildman–Crippen MR) is 108 cm³/mol. The lowest BCUT2D eigenvalue weighted by atomic mass is 10.1. The molecule has 2 atom stereocenters. The van der Waals surface area contributed by atoms with Crippen LogP contribution in [0.1, 0.15) is 22.6 Å². The molecule has 1 saturated carbocycles. The molecule has 4 rings (SSSR count). The van der Waals surface area contributed by atoms with Crippen molar-refractivity contribution in [1.29, 1.82) is 0 Å². The molecule has 3 aromatic rings. The summed E-state index contributed by atoms with van der Waals surface area (Å²) in [4.78, 5) is 9.36. The molecule has 1 aliphatic carbocycles. The topological polar surface area (TPSA) is 65.2 Å². The first-order chi connectivity index (χ1) is 13.2. The number of para-hydroxylation sites is 2. The van der Waals surface area contributed by atoms with E-state index in [0.29, 0.717) is 11.1 Å². The average Bonchev–Trinajstić information content (AvgIpc) is 3.40. The molecule has 4 heteroatoms. The van der Waals surface area contributed by atoms with Crippen molar-refractivity contribution in [2.24, 2.45) is 9.98 Å². The van der Waals surface area contributed by atoms with Gasteiger partial charge in [-0.1, -0.05) is 54.6 Å². The van der Waals surface area contributed by atoms with E-state index in [0.717, 1.165) is 0 Å². The van der Waals surface area contributed by atoms with Crippen LogP contribution >= 0.6 is 0 Å². The zero-order valence-electron chi connectivity index (χ0n) is 14.7. The van der Waals surface area contributed by atoms with Gasteiger partial charge in [0.2, 0.25) is 0 Å². The van der Waals surface area contributed by atoms with Crippen LogP contribution in [0, 0.1) is 0 Å². The van der Waals surface area contributed by atoms with Crippen molar-refractivity contribution in [2.45, 2.75) is 18.0 Å². The van der Waals surface area contributed by atoms with Crippen molar-refractivity contribution in [2.75, 3.05) is 0 Å². The van der Waals surface area contributed by atoms with Gasteiger partial charge in [-0.2, -0.15) is 0 Å². The summed E-state index contributed by atoms with van der Waals surface area (Å²) < 4.78 is 0. The molecule has 0 aliphatic heterocycles. The quantitative estimate of drug-likeness (QED) is 0.674. The van der Waals surface area contributed by atoms with Crippen molar-refractivity contribution < 1.29 is 10.2 Å². The molecule has 27 heavy (non-hydrogen) atoms. The molecule has 0 radical (unpaired) electrons. The Hall–Kier alpha value is -3.40. The molecule has 2 N–H and O–H groups in total. The highest BCUT2D eigenvalue weighted by molar-refractivity contribution is 5.85. The van der Waals surface area contributed by atoms with E-state index in [1.165, 1.54) is 5.56 Å². The minimum Gasteiger partial charge on any atom is -0.507 e. The molecule has 0 heterocycles. The molecule has 0 unspecified atom stereocenters. The van der Waals surface area contributed by atoms with Gasteiger partial charge in [0, 0.05) is 29.5 Å². The summed E-state index contributed by atoms with van der Waals surface area (Å²) >= 11 is 0. The van der Waals surface area contributed by atoms with E-state index < -0.39 is 0 Å². The summed E-state index contributed by atoms with van der Waals surface area (Å²) in [6.45, 7) is 0. The first-order valence-corrected chi connectivity index (χ1v) is 8.91. The van der Waals surface area contributed by atoms with Crippen LogP contribution in [0.2, 0.25) is 0 Å². The van der Waals surface area contributed by atoms with Crippen LogP contribution in [0.15, 0.2) is 88.8 Å². The molecule has 0 bridgehead atoms. The Labute approximate surface area is 158 Å². The molecule has 0 saturated heterocycles. The Morgan fingerprint density at radius 1 is 0.593 bits per heavy atom. The van der Waals surface area contributed by atoms with Crippen molar-refractivity contribution in [1.82, 2.24) is 0 Å². The molecule has 134 valence electrons. The van der Waals surface area contributed by atoms with Crippen LogP contribution in [0.5, 0.6) is 11.5 Å².